The van der Waals surface area contributed by atoms with E-state index in [2.05, 4.69) is 11.9 Å². The minimum absolute atomic E-state index is 0.0260. The number of nitro benzene ring substituents is 1. The molecule has 0 bridgehead atoms. The number of rotatable bonds is 6. The van der Waals surface area contributed by atoms with Crippen molar-refractivity contribution in [3.8, 4) is 11.8 Å². The first-order chi connectivity index (χ1) is 9.11. The molecule has 6 heteroatoms. The molecule has 100 valence electrons. The Morgan fingerprint density at radius 2 is 2.32 bits per heavy atom. The number of hydrogen-bond donors (Lipinski definition) is 0. The van der Waals surface area contributed by atoms with E-state index in [1.54, 1.807) is 0 Å². The Morgan fingerprint density at radius 1 is 1.58 bits per heavy atom. The minimum Gasteiger partial charge on any atom is -0.492 e. The van der Waals surface area contributed by atoms with E-state index < -0.39 is 4.92 Å². The zero-order valence-electron chi connectivity index (χ0n) is 10.7. The molecule has 0 amide bonds. The lowest BCUT2D eigenvalue weighted by atomic mass is 10.2. The summed E-state index contributed by atoms with van der Waals surface area (Å²) in [6.07, 6.45) is 2.49. The van der Waals surface area contributed by atoms with Gasteiger partial charge < -0.3 is 9.64 Å². The van der Waals surface area contributed by atoms with Gasteiger partial charge in [0.25, 0.3) is 5.69 Å². The van der Waals surface area contributed by atoms with Gasteiger partial charge in [0.1, 0.15) is 24.0 Å². The van der Waals surface area contributed by atoms with Gasteiger partial charge >= 0.3 is 0 Å². The van der Waals surface area contributed by atoms with Gasteiger partial charge in [0.05, 0.1) is 4.92 Å². The molecule has 0 heterocycles. The summed E-state index contributed by atoms with van der Waals surface area (Å²) < 4.78 is 5.52. The van der Waals surface area contributed by atoms with Crippen LogP contribution in [0.4, 0.5) is 5.69 Å². The summed E-state index contributed by atoms with van der Waals surface area (Å²) in [6.45, 7) is 1.32. The summed E-state index contributed by atoms with van der Waals surface area (Å²) in [6, 6.07) is 6.73. The van der Waals surface area contributed by atoms with E-state index in [1.165, 1.54) is 31.0 Å². The average molecular weight is 261 g/mol. The third-order valence-corrected chi connectivity index (χ3v) is 3.17. The number of nitro groups is 1. The maximum absolute atomic E-state index is 10.7. The van der Waals surface area contributed by atoms with Crippen LogP contribution in [0.5, 0.6) is 5.75 Å². The Morgan fingerprint density at radius 3 is 2.89 bits per heavy atom. The third kappa shape index (κ3) is 3.42. The van der Waals surface area contributed by atoms with Gasteiger partial charge in [0, 0.05) is 24.7 Å². The van der Waals surface area contributed by atoms with Gasteiger partial charge in [-0.2, -0.15) is 5.26 Å². The molecule has 1 aromatic rings. The lowest BCUT2D eigenvalue weighted by Crippen LogP contribution is -2.26. The normalized spacial score (nSPS) is 14.2. The number of benzene rings is 1. The second-order valence-electron chi connectivity index (χ2n) is 4.61. The largest absolute Gasteiger partial charge is 0.492 e. The van der Waals surface area contributed by atoms with Crippen molar-refractivity contribution in [2.45, 2.75) is 18.9 Å². The zero-order chi connectivity index (χ0) is 13.8. The topological polar surface area (TPSA) is 79.4 Å². The number of nitriles is 1. The molecule has 1 aliphatic carbocycles. The molecule has 6 nitrogen and oxygen atoms in total. The highest BCUT2D eigenvalue weighted by molar-refractivity contribution is 5.52. The first kappa shape index (κ1) is 13.3. The van der Waals surface area contributed by atoms with E-state index in [9.17, 15) is 10.1 Å². The van der Waals surface area contributed by atoms with Crippen molar-refractivity contribution < 1.29 is 9.66 Å². The van der Waals surface area contributed by atoms with Crippen LogP contribution in [0.3, 0.4) is 0 Å². The second-order valence-corrected chi connectivity index (χ2v) is 4.61. The smallest absolute Gasteiger partial charge is 0.287 e. The Kier molecular flexibility index (Phi) is 3.97. The molecule has 2 rings (SSSR count). The van der Waals surface area contributed by atoms with E-state index in [4.69, 9.17) is 10.00 Å². The minimum atomic E-state index is -0.566. The molecule has 0 aromatic heterocycles. The summed E-state index contributed by atoms with van der Waals surface area (Å²) in [5.74, 6) is 0.492. The predicted molar refractivity (Wildman–Crippen MR) is 69.0 cm³/mol. The van der Waals surface area contributed by atoms with E-state index in [-0.39, 0.29) is 11.3 Å². The molecule has 1 aromatic carbocycles. The van der Waals surface area contributed by atoms with Gasteiger partial charge in [0.2, 0.25) is 0 Å². The zero-order valence-corrected chi connectivity index (χ0v) is 10.7. The highest BCUT2D eigenvalue weighted by Gasteiger charge is 2.25. The van der Waals surface area contributed by atoms with Crippen LogP contribution in [0.1, 0.15) is 18.4 Å². The van der Waals surface area contributed by atoms with Gasteiger partial charge in [-0.1, -0.05) is 0 Å². The number of likely N-dealkylation sites (N-methyl/N-ethyl adjacent to an activating group) is 1. The summed E-state index contributed by atoms with van der Waals surface area (Å²) in [4.78, 5) is 12.4. The van der Waals surface area contributed by atoms with E-state index in [0.717, 1.165) is 6.54 Å². The second kappa shape index (κ2) is 5.67. The molecule has 1 aliphatic rings. The van der Waals surface area contributed by atoms with Crippen molar-refractivity contribution in [3.05, 3.63) is 33.9 Å². The highest BCUT2D eigenvalue weighted by Crippen LogP contribution is 2.25. The summed E-state index contributed by atoms with van der Waals surface area (Å²) in [5, 5.41) is 19.6. The first-order valence-electron chi connectivity index (χ1n) is 6.13. The van der Waals surface area contributed by atoms with Crippen molar-refractivity contribution >= 4 is 5.69 Å². The van der Waals surface area contributed by atoms with Crippen molar-refractivity contribution in [2.75, 3.05) is 20.2 Å². The van der Waals surface area contributed by atoms with Gasteiger partial charge in [-0.25, -0.2) is 0 Å². The van der Waals surface area contributed by atoms with Crippen LogP contribution in [0, 0.1) is 21.4 Å². The Bertz CT molecular complexity index is 520. The molecule has 0 unspecified atom stereocenters. The molecular formula is C13H15N3O3. The standard InChI is InChI=1S/C13H15N3O3/c1-15(11-2-3-11)6-7-19-12-4-5-13(16(17)18)10(8-12)9-14/h4-5,8,11H,2-3,6-7H2,1H3. The van der Waals surface area contributed by atoms with Crippen LogP contribution < -0.4 is 4.74 Å². The van der Waals surface area contributed by atoms with Crippen molar-refractivity contribution in [1.29, 1.82) is 5.26 Å². The van der Waals surface area contributed by atoms with Gasteiger partial charge in [0.15, 0.2) is 0 Å². The summed E-state index contributed by atoms with van der Waals surface area (Å²) in [7, 11) is 2.05. The summed E-state index contributed by atoms with van der Waals surface area (Å²) >= 11 is 0. The fourth-order valence-electron chi connectivity index (χ4n) is 1.86. The van der Waals surface area contributed by atoms with Crippen LogP contribution in [-0.2, 0) is 0 Å². The van der Waals surface area contributed by atoms with Gasteiger partial charge in [-0.3, -0.25) is 10.1 Å². The molecule has 0 radical (unpaired) electrons. The lowest BCUT2D eigenvalue weighted by Gasteiger charge is -2.15. The SMILES string of the molecule is CN(CCOc1ccc([N+](=O)[O-])c(C#N)c1)C1CC1. The van der Waals surface area contributed by atoms with Crippen LogP contribution in [0.15, 0.2) is 18.2 Å². The Hall–Kier alpha value is -2.13. The molecule has 0 saturated heterocycles. The molecule has 0 atom stereocenters. The molecule has 0 aliphatic heterocycles. The number of nitrogens with zero attached hydrogens (tertiary/aromatic N) is 3. The fourth-order valence-corrected chi connectivity index (χ4v) is 1.86. The Labute approximate surface area is 111 Å². The summed E-state index contributed by atoms with van der Waals surface area (Å²) in [5.41, 5.74) is -0.164. The van der Waals surface area contributed by atoms with Crippen LogP contribution in [-0.4, -0.2) is 36.1 Å². The number of ether oxygens (including phenoxy) is 1. The van der Waals surface area contributed by atoms with E-state index in [1.807, 2.05) is 6.07 Å². The van der Waals surface area contributed by atoms with Crippen molar-refractivity contribution in [2.24, 2.45) is 0 Å². The third-order valence-electron chi connectivity index (χ3n) is 3.17. The van der Waals surface area contributed by atoms with E-state index >= 15 is 0 Å². The predicted octanol–water partition coefficient (Wildman–Crippen LogP) is 1.94. The van der Waals surface area contributed by atoms with Crippen LogP contribution in [0.25, 0.3) is 0 Å². The lowest BCUT2D eigenvalue weighted by molar-refractivity contribution is -0.385. The molecule has 0 N–H and O–H groups in total. The van der Waals surface area contributed by atoms with Crippen molar-refractivity contribution in [1.82, 2.24) is 4.90 Å². The van der Waals surface area contributed by atoms with Gasteiger partial charge in [-0.05, 0) is 26.0 Å². The monoisotopic (exact) mass is 261 g/mol. The molecule has 1 fully saturated rings. The molecule has 0 spiro atoms. The first-order valence-corrected chi connectivity index (χ1v) is 6.13. The van der Waals surface area contributed by atoms with E-state index in [0.29, 0.717) is 18.4 Å². The molecular weight excluding hydrogens is 246 g/mol. The number of hydrogen-bond acceptors (Lipinski definition) is 5. The quantitative estimate of drug-likeness (QED) is 0.577. The van der Waals surface area contributed by atoms with Gasteiger partial charge in [-0.15, -0.1) is 0 Å². The maximum Gasteiger partial charge on any atom is 0.287 e. The molecule has 19 heavy (non-hydrogen) atoms. The maximum atomic E-state index is 10.7. The highest BCUT2D eigenvalue weighted by atomic mass is 16.6. The van der Waals surface area contributed by atoms with Crippen molar-refractivity contribution in [3.63, 3.8) is 0 Å². The molecule has 1 saturated carbocycles. The average Bonchev–Trinajstić information content (AvgIpc) is 3.22. The Balaban J connectivity index is 1.93. The fraction of sp³-hybridized carbons (Fsp3) is 0.462. The van der Waals surface area contributed by atoms with Crippen LogP contribution in [0.2, 0.25) is 0 Å². The van der Waals surface area contributed by atoms with Crippen LogP contribution >= 0.6 is 0 Å².